The van der Waals surface area contributed by atoms with Crippen molar-refractivity contribution in [2.24, 2.45) is 0 Å². The van der Waals surface area contributed by atoms with E-state index in [4.69, 9.17) is 40.0 Å². The van der Waals surface area contributed by atoms with E-state index in [1.807, 2.05) is 18.2 Å². The molecule has 0 aliphatic carbocycles. The summed E-state index contributed by atoms with van der Waals surface area (Å²) in [6, 6.07) is 11.7. The molecule has 1 spiro atoms. The number of carbonyl (C=O) groups is 4. The van der Waals surface area contributed by atoms with Crippen molar-refractivity contribution < 1.29 is 47.6 Å². The van der Waals surface area contributed by atoms with Crippen molar-refractivity contribution in [1.29, 1.82) is 0 Å². The van der Waals surface area contributed by atoms with Gasteiger partial charge in [-0.1, -0.05) is 42.8 Å². The van der Waals surface area contributed by atoms with Gasteiger partial charge < -0.3 is 28.4 Å². The second kappa shape index (κ2) is 12.6. The van der Waals surface area contributed by atoms with Crippen LogP contribution < -0.4 is 0 Å². The number of benzene rings is 2. The van der Waals surface area contributed by atoms with Crippen molar-refractivity contribution >= 4 is 35.5 Å². The van der Waals surface area contributed by atoms with E-state index in [1.54, 1.807) is 6.07 Å². The van der Waals surface area contributed by atoms with Crippen LogP contribution in [0, 0.1) is 0 Å². The van der Waals surface area contributed by atoms with Crippen molar-refractivity contribution in [1.82, 2.24) is 0 Å². The number of aryl methyl sites for hydroxylation is 1. The standard InChI is InChI=1S/C30H33ClO10/c1-6-20-7-9-21(10-8-20)11-22-12-24-23(13-25(22)31)14-37-30(24)29(40-19(5)35)28(39-18(4)34)27(38-17(3)33)26(41-30)15-36-16(2)32/h7-10,12-13,26-29H,6,11,14-15H2,1-5H3/t26-,27-,28+,29-,30+/m1/s1. The molecule has 2 aromatic rings. The largest absolute Gasteiger partial charge is 0.463 e. The molecule has 0 aromatic heterocycles. The van der Waals surface area contributed by atoms with Gasteiger partial charge in [-0.3, -0.25) is 19.2 Å². The molecular formula is C30H33ClO10. The lowest BCUT2D eigenvalue weighted by Crippen LogP contribution is -2.66. The number of fused-ring (bicyclic) bond motifs is 2. The van der Waals surface area contributed by atoms with Crippen LogP contribution in [0.5, 0.6) is 0 Å². The third-order valence-electron chi connectivity index (χ3n) is 6.95. The quantitative estimate of drug-likeness (QED) is 0.331. The summed E-state index contributed by atoms with van der Waals surface area (Å²) < 4.78 is 34.7. The van der Waals surface area contributed by atoms with Crippen molar-refractivity contribution in [2.45, 2.75) is 84.3 Å². The molecule has 41 heavy (non-hydrogen) atoms. The molecule has 0 unspecified atom stereocenters. The zero-order chi connectivity index (χ0) is 29.9. The molecule has 2 aliphatic rings. The summed E-state index contributed by atoms with van der Waals surface area (Å²) in [5.41, 5.74) is 4.15. The van der Waals surface area contributed by atoms with E-state index in [1.165, 1.54) is 33.3 Å². The Kier molecular flexibility index (Phi) is 9.36. The average molecular weight is 589 g/mol. The molecule has 5 atom stereocenters. The van der Waals surface area contributed by atoms with Gasteiger partial charge in [0.2, 0.25) is 11.9 Å². The lowest BCUT2D eigenvalue weighted by atomic mass is 9.85. The van der Waals surface area contributed by atoms with Crippen LogP contribution in [-0.4, -0.2) is 54.9 Å². The summed E-state index contributed by atoms with van der Waals surface area (Å²) in [5, 5.41) is 0.509. The fourth-order valence-corrected chi connectivity index (χ4v) is 5.47. The van der Waals surface area contributed by atoms with Gasteiger partial charge in [-0.15, -0.1) is 0 Å². The number of esters is 4. The van der Waals surface area contributed by atoms with E-state index in [0.717, 1.165) is 17.5 Å². The maximum atomic E-state index is 12.4. The topological polar surface area (TPSA) is 124 Å². The first kappa shape index (κ1) is 30.5. The Morgan fingerprint density at radius 1 is 0.878 bits per heavy atom. The third-order valence-corrected chi connectivity index (χ3v) is 7.30. The second-order valence-electron chi connectivity index (χ2n) is 10.0. The summed E-state index contributed by atoms with van der Waals surface area (Å²) in [6.07, 6.45) is -3.78. The van der Waals surface area contributed by atoms with Crippen molar-refractivity contribution in [2.75, 3.05) is 6.61 Å². The number of halogens is 1. The van der Waals surface area contributed by atoms with Gasteiger partial charge in [0, 0.05) is 38.3 Å². The molecular weight excluding hydrogens is 556 g/mol. The van der Waals surface area contributed by atoms with Gasteiger partial charge in [-0.05, 0) is 47.2 Å². The Labute approximate surface area is 243 Å². The van der Waals surface area contributed by atoms with E-state index in [0.29, 0.717) is 22.6 Å². The molecule has 10 nitrogen and oxygen atoms in total. The monoisotopic (exact) mass is 588 g/mol. The predicted octanol–water partition coefficient (Wildman–Crippen LogP) is 3.93. The highest BCUT2D eigenvalue weighted by Gasteiger charge is 2.64. The molecule has 4 rings (SSSR count). The summed E-state index contributed by atoms with van der Waals surface area (Å²) in [7, 11) is 0. The maximum absolute atomic E-state index is 12.4. The molecule has 0 N–H and O–H groups in total. The molecule has 2 aliphatic heterocycles. The molecule has 220 valence electrons. The van der Waals surface area contributed by atoms with Crippen LogP contribution >= 0.6 is 11.6 Å². The zero-order valence-electron chi connectivity index (χ0n) is 23.6. The van der Waals surface area contributed by atoms with Crippen molar-refractivity contribution in [3.05, 3.63) is 69.2 Å². The third kappa shape index (κ3) is 6.72. The van der Waals surface area contributed by atoms with Crippen LogP contribution in [0.15, 0.2) is 36.4 Å². The van der Waals surface area contributed by atoms with Gasteiger partial charge in [0.1, 0.15) is 12.7 Å². The molecule has 2 heterocycles. The van der Waals surface area contributed by atoms with Gasteiger partial charge in [-0.25, -0.2) is 0 Å². The summed E-state index contributed by atoms with van der Waals surface area (Å²) >= 11 is 6.69. The minimum Gasteiger partial charge on any atom is -0.463 e. The fraction of sp³-hybridized carbons (Fsp3) is 0.467. The van der Waals surface area contributed by atoms with Gasteiger partial charge in [-0.2, -0.15) is 0 Å². The van der Waals surface area contributed by atoms with E-state index >= 15 is 0 Å². The molecule has 11 heteroatoms. The molecule has 0 bridgehead atoms. The summed E-state index contributed by atoms with van der Waals surface area (Å²) in [4.78, 5) is 48.4. The van der Waals surface area contributed by atoms with E-state index in [-0.39, 0.29) is 13.2 Å². The normalized spacial score (nSPS) is 24.8. The van der Waals surface area contributed by atoms with Crippen LogP contribution in [0.4, 0.5) is 0 Å². The molecule has 0 saturated carbocycles. The SMILES string of the molecule is CCc1ccc(Cc2cc3c(cc2Cl)CO[C@]32O[C@H](COC(C)=O)[C@@H](OC(C)=O)[C@H](OC(C)=O)[C@H]2OC(C)=O)cc1. The molecule has 1 fully saturated rings. The van der Waals surface area contributed by atoms with Crippen molar-refractivity contribution in [3.63, 3.8) is 0 Å². The minimum atomic E-state index is -1.80. The van der Waals surface area contributed by atoms with Crippen LogP contribution in [0.1, 0.15) is 62.4 Å². The summed E-state index contributed by atoms with van der Waals surface area (Å²) in [6.45, 7) is 6.50. The number of carbonyl (C=O) groups excluding carboxylic acids is 4. The van der Waals surface area contributed by atoms with Crippen LogP contribution in [0.3, 0.4) is 0 Å². The van der Waals surface area contributed by atoms with Crippen LogP contribution in [0.25, 0.3) is 0 Å². The minimum absolute atomic E-state index is 0.0314. The molecule has 1 saturated heterocycles. The molecule has 2 aromatic carbocycles. The average Bonchev–Trinajstić information content (AvgIpc) is 3.24. The number of ether oxygens (including phenoxy) is 6. The van der Waals surface area contributed by atoms with Crippen LogP contribution in [0.2, 0.25) is 5.02 Å². The van der Waals surface area contributed by atoms with Gasteiger partial charge >= 0.3 is 23.9 Å². The molecule has 0 radical (unpaired) electrons. The Balaban J connectivity index is 1.84. The van der Waals surface area contributed by atoms with Crippen LogP contribution in [-0.2, 0) is 72.8 Å². The lowest BCUT2D eigenvalue weighted by Gasteiger charge is -2.49. The predicted molar refractivity (Wildman–Crippen MR) is 145 cm³/mol. The van der Waals surface area contributed by atoms with Gasteiger partial charge in [0.05, 0.1) is 6.61 Å². The number of rotatable bonds is 8. The van der Waals surface area contributed by atoms with Gasteiger partial charge in [0.15, 0.2) is 12.2 Å². The van der Waals surface area contributed by atoms with E-state index in [9.17, 15) is 19.2 Å². The number of hydrogen-bond donors (Lipinski definition) is 0. The smallest absolute Gasteiger partial charge is 0.303 e. The highest BCUT2D eigenvalue weighted by molar-refractivity contribution is 6.31. The van der Waals surface area contributed by atoms with Gasteiger partial charge in [0.25, 0.3) is 0 Å². The Hall–Kier alpha value is -3.47. The first-order valence-corrected chi connectivity index (χ1v) is 13.7. The number of hydrogen-bond acceptors (Lipinski definition) is 10. The highest BCUT2D eigenvalue weighted by Crippen LogP contribution is 2.49. The first-order valence-electron chi connectivity index (χ1n) is 13.3. The fourth-order valence-electron chi connectivity index (χ4n) is 5.21. The Morgan fingerprint density at radius 3 is 2.07 bits per heavy atom. The zero-order valence-corrected chi connectivity index (χ0v) is 24.3. The van der Waals surface area contributed by atoms with E-state index < -0.39 is 54.1 Å². The first-order chi connectivity index (χ1) is 19.4. The van der Waals surface area contributed by atoms with Crippen molar-refractivity contribution in [3.8, 4) is 0 Å². The molecule has 0 amide bonds. The Bertz CT molecular complexity index is 1320. The maximum Gasteiger partial charge on any atom is 0.303 e. The highest BCUT2D eigenvalue weighted by atomic mass is 35.5. The lowest BCUT2D eigenvalue weighted by molar-refractivity contribution is -0.370. The second-order valence-corrected chi connectivity index (χ2v) is 10.4. The Morgan fingerprint density at radius 2 is 1.49 bits per heavy atom. The summed E-state index contributed by atoms with van der Waals surface area (Å²) in [5.74, 6) is -4.55. The van der Waals surface area contributed by atoms with E-state index in [2.05, 4.69) is 19.1 Å².